The van der Waals surface area contributed by atoms with Gasteiger partial charge < -0.3 is 0 Å². The van der Waals surface area contributed by atoms with Gasteiger partial charge in [0.1, 0.15) is 0 Å². The van der Waals surface area contributed by atoms with Crippen LogP contribution in [0.2, 0.25) is 5.02 Å². The SMILES string of the molecule is [O]CCCCC=Cc1ccc(Cl)cc1. The predicted octanol–water partition coefficient (Wildman–Crippen LogP) is 3.95. The monoisotopic (exact) mass is 209 g/mol. The smallest absolute Gasteiger partial charge is 0.0822 e. The lowest BCUT2D eigenvalue weighted by Gasteiger charge is -1.94. The number of benzene rings is 1. The van der Waals surface area contributed by atoms with E-state index in [2.05, 4.69) is 12.2 Å². The minimum atomic E-state index is 0.0365. The van der Waals surface area contributed by atoms with E-state index in [0.29, 0.717) is 0 Å². The van der Waals surface area contributed by atoms with Crippen molar-refractivity contribution in [3.63, 3.8) is 0 Å². The molecular weight excluding hydrogens is 196 g/mol. The molecule has 1 aromatic carbocycles. The zero-order valence-corrected chi connectivity index (χ0v) is 8.83. The second kappa shape index (κ2) is 6.63. The van der Waals surface area contributed by atoms with Gasteiger partial charge in [-0.2, -0.15) is 0 Å². The summed E-state index contributed by atoms with van der Waals surface area (Å²) in [4.78, 5) is 0. The van der Waals surface area contributed by atoms with Crippen molar-refractivity contribution in [2.75, 3.05) is 6.61 Å². The number of rotatable bonds is 5. The molecule has 1 radical (unpaired) electrons. The average molecular weight is 210 g/mol. The highest BCUT2D eigenvalue weighted by Crippen LogP contribution is 2.11. The van der Waals surface area contributed by atoms with Gasteiger partial charge in [-0.1, -0.05) is 35.9 Å². The van der Waals surface area contributed by atoms with E-state index in [-0.39, 0.29) is 6.61 Å². The molecule has 0 saturated heterocycles. The Balaban J connectivity index is 2.33. The van der Waals surface area contributed by atoms with E-state index in [1.54, 1.807) is 0 Å². The van der Waals surface area contributed by atoms with Gasteiger partial charge in [-0.05, 0) is 37.0 Å². The van der Waals surface area contributed by atoms with E-state index >= 15 is 0 Å². The highest BCUT2D eigenvalue weighted by atomic mass is 35.5. The van der Waals surface area contributed by atoms with Gasteiger partial charge in [0.2, 0.25) is 0 Å². The minimum absolute atomic E-state index is 0.0365. The Kier molecular flexibility index (Phi) is 5.35. The average Bonchev–Trinajstić information content (AvgIpc) is 2.21. The lowest BCUT2D eigenvalue weighted by molar-refractivity contribution is 0.187. The van der Waals surface area contributed by atoms with E-state index in [0.717, 1.165) is 29.8 Å². The molecule has 0 amide bonds. The van der Waals surface area contributed by atoms with Crippen LogP contribution in [0.3, 0.4) is 0 Å². The molecule has 0 atom stereocenters. The van der Waals surface area contributed by atoms with Gasteiger partial charge in [0, 0.05) is 5.02 Å². The molecule has 2 heteroatoms. The van der Waals surface area contributed by atoms with E-state index in [4.69, 9.17) is 11.6 Å². The lowest BCUT2D eigenvalue weighted by atomic mass is 10.2. The number of hydrogen-bond donors (Lipinski definition) is 0. The Bertz CT molecular complexity index is 277. The quantitative estimate of drug-likeness (QED) is 0.655. The first kappa shape index (κ1) is 11.3. The second-order valence-electron chi connectivity index (χ2n) is 3.15. The standard InChI is InChI=1S/C12H14ClO/c13-12-8-6-11(7-9-12)5-3-1-2-4-10-14/h3,5-9H,1-2,4,10H2. The van der Waals surface area contributed by atoms with Crippen molar-refractivity contribution in [2.24, 2.45) is 0 Å². The molecule has 0 bridgehead atoms. The number of allylic oxidation sites excluding steroid dienone is 1. The van der Waals surface area contributed by atoms with Crippen LogP contribution in [-0.2, 0) is 5.11 Å². The van der Waals surface area contributed by atoms with Crippen LogP contribution in [0, 0.1) is 0 Å². The van der Waals surface area contributed by atoms with E-state index in [9.17, 15) is 5.11 Å². The fourth-order valence-corrected chi connectivity index (χ4v) is 1.28. The maximum atomic E-state index is 10.2. The van der Waals surface area contributed by atoms with Gasteiger partial charge in [-0.25, -0.2) is 5.11 Å². The van der Waals surface area contributed by atoms with Crippen molar-refractivity contribution in [3.8, 4) is 0 Å². The summed E-state index contributed by atoms with van der Waals surface area (Å²) in [7, 11) is 0. The van der Waals surface area contributed by atoms with E-state index in [1.165, 1.54) is 0 Å². The Labute approximate surface area is 90.0 Å². The van der Waals surface area contributed by atoms with Crippen LogP contribution in [0.25, 0.3) is 6.08 Å². The molecular formula is C12H14ClO. The molecule has 0 spiro atoms. The summed E-state index contributed by atoms with van der Waals surface area (Å²) in [6, 6.07) is 7.70. The maximum absolute atomic E-state index is 10.2. The summed E-state index contributed by atoms with van der Waals surface area (Å²) in [5.41, 5.74) is 1.15. The summed E-state index contributed by atoms with van der Waals surface area (Å²) in [6.07, 6.45) is 6.88. The van der Waals surface area contributed by atoms with Gasteiger partial charge in [0.05, 0.1) is 6.61 Å². The van der Waals surface area contributed by atoms with Crippen molar-refractivity contribution in [3.05, 3.63) is 40.9 Å². The molecule has 0 aliphatic heterocycles. The molecule has 0 aromatic heterocycles. The summed E-state index contributed by atoms with van der Waals surface area (Å²) in [6.45, 7) is 0.0365. The first-order valence-electron chi connectivity index (χ1n) is 4.83. The lowest BCUT2D eigenvalue weighted by Crippen LogP contribution is -1.78. The molecule has 1 rings (SSSR count). The highest BCUT2D eigenvalue weighted by Gasteiger charge is 1.87. The zero-order chi connectivity index (χ0) is 10.2. The topological polar surface area (TPSA) is 19.9 Å². The summed E-state index contributed by atoms with van der Waals surface area (Å²) in [5.74, 6) is 0. The molecule has 0 fully saturated rings. The Morgan fingerprint density at radius 3 is 2.50 bits per heavy atom. The molecule has 1 aromatic rings. The van der Waals surface area contributed by atoms with Crippen LogP contribution in [0.4, 0.5) is 0 Å². The summed E-state index contributed by atoms with van der Waals surface area (Å²) >= 11 is 5.76. The van der Waals surface area contributed by atoms with Crippen molar-refractivity contribution >= 4 is 17.7 Å². The number of halogens is 1. The largest absolute Gasteiger partial charge is 0.237 e. The van der Waals surface area contributed by atoms with Crippen LogP contribution in [0.5, 0.6) is 0 Å². The van der Waals surface area contributed by atoms with Crippen molar-refractivity contribution in [1.82, 2.24) is 0 Å². The minimum Gasteiger partial charge on any atom is -0.237 e. The normalized spacial score (nSPS) is 11.0. The second-order valence-corrected chi connectivity index (χ2v) is 3.59. The van der Waals surface area contributed by atoms with Crippen molar-refractivity contribution in [1.29, 1.82) is 0 Å². The van der Waals surface area contributed by atoms with Gasteiger partial charge in [-0.15, -0.1) is 0 Å². The summed E-state index contributed by atoms with van der Waals surface area (Å²) < 4.78 is 0. The van der Waals surface area contributed by atoms with Crippen molar-refractivity contribution < 1.29 is 5.11 Å². The molecule has 0 saturated carbocycles. The van der Waals surface area contributed by atoms with Gasteiger partial charge in [0.25, 0.3) is 0 Å². The third-order valence-corrected chi connectivity index (χ3v) is 2.20. The maximum Gasteiger partial charge on any atom is 0.0822 e. The fraction of sp³-hybridized carbons (Fsp3) is 0.333. The van der Waals surface area contributed by atoms with Crippen LogP contribution in [0.1, 0.15) is 24.8 Å². The number of unbranched alkanes of at least 4 members (excludes halogenated alkanes) is 2. The van der Waals surface area contributed by atoms with Crippen molar-refractivity contribution in [2.45, 2.75) is 19.3 Å². The van der Waals surface area contributed by atoms with Gasteiger partial charge >= 0.3 is 0 Å². The van der Waals surface area contributed by atoms with Crippen LogP contribution < -0.4 is 0 Å². The predicted molar refractivity (Wildman–Crippen MR) is 59.9 cm³/mol. The Morgan fingerprint density at radius 2 is 1.86 bits per heavy atom. The molecule has 0 unspecified atom stereocenters. The first-order chi connectivity index (χ1) is 6.83. The molecule has 0 aliphatic carbocycles. The molecule has 0 heterocycles. The Hall–Kier alpha value is -0.790. The molecule has 0 N–H and O–H groups in total. The van der Waals surface area contributed by atoms with Crippen LogP contribution in [0.15, 0.2) is 30.3 Å². The third kappa shape index (κ3) is 4.45. The first-order valence-corrected chi connectivity index (χ1v) is 5.21. The van der Waals surface area contributed by atoms with Crippen LogP contribution >= 0.6 is 11.6 Å². The van der Waals surface area contributed by atoms with Gasteiger partial charge in [-0.3, -0.25) is 0 Å². The molecule has 14 heavy (non-hydrogen) atoms. The molecule has 75 valence electrons. The van der Waals surface area contributed by atoms with Crippen LogP contribution in [-0.4, -0.2) is 6.61 Å². The fourth-order valence-electron chi connectivity index (χ4n) is 1.16. The zero-order valence-electron chi connectivity index (χ0n) is 8.08. The van der Waals surface area contributed by atoms with E-state index < -0.39 is 0 Å². The van der Waals surface area contributed by atoms with E-state index in [1.807, 2.05) is 24.3 Å². The summed E-state index contributed by atoms with van der Waals surface area (Å²) in [5, 5.41) is 10.9. The van der Waals surface area contributed by atoms with Gasteiger partial charge in [0.15, 0.2) is 0 Å². The Morgan fingerprint density at radius 1 is 1.14 bits per heavy atom. The highest BCUT2D eigenvalue weighted by molar-refractivity contribution is 6.30. The number of hydrogen-bond acceptors (Lipinski definition) is 0. The molecule has 0 aliphatic rings. The molecule has 1 nitrogen and oxygen atoms in total. The third-order valence-electron chi connectivity index (χ3n) is 1.95.